The summed E-state index contributed by atoms with van der Waals surface area (Å²) in [5, 5.41) is 16.2. The number of ether oxygens (including phenoxy) is 2. The minimum atomic E-state index is -0.154. The molecular formula is C30H36N6O3. The van der Waals surface area contributed by atoms with Crippen molar-refractivity contribution in [3.05, 3.63) is 83.4 Å². The second-order valence-electron chi connectivity index (χ2n) is 10.5. The zero-order valence-electron chi connectivity index (χ0n) is 23.1. The van der Waals surface area contributed by atoms with Crippen molar-refractivity contribution in [2.24, 2.45) is 13.0 Å². The Morgan fingerprint density at radius 2 is 1.79 bits per heavy atom. The zero-order chi connectivity index (χ0) is 27.7. The lowest BCUT2D eigenvalue weighted by Crippen LogP contribution is -2.30. The first-order chi connectivity index (χ1) is 18.8. The molecule has 0 aliphatic heterocycles. The van der Waals surface area contributed by atoms with E-state index in [9.17, 15) is 4.79 Å². The molecule has 9 heteroatoms. The third kappa shape index (κ3) is 5.62. The van der Waals surface area contributed by atoms with Gasteiger partial charge in [0.1, 0.15) is 11.5 Å². The maximum atomic E-state index is 13.8. The van der Waals surface area contributed by atoms with Gasteiger partial charge in [0.2, 0.25) is 5.62 Å². The van der Waals surface area contributed by atoms with Crippen LogP contribution in [0.15, 0.2) is 61.1 Å². The highest BCUT2D eigenvalue weighted by atomic mass is 16.5. The first-order valence-corrected chi connectivity index (χ1v) is 13.3. The Morgan fingerprint density at radius 3 is 2.38 bits per heavy atom. The molecular weight excluding hydrogens is 492 g/mol. The van der Waals surface area contributed by atoms with E-state index in [1.807, 2.05) is 65.1 Å². The van der Waals surface area contributed by atoms with Gasteiger partial charge >= 0.3 is 0 Å². The van der Waals surface area contributed by atoms with Crippen LogP contribution in [0.3, 0.4) is 0 Å². The molecule has 9 nitrogen and oxygen atoms in total. The summed E-state index contributed by atoms with van der Waals surface area (Å²) in [6.45, 7) is 4.65. The fourth-order valence-electron chi connectivity index (χ4n) is 5.00. The normalized spacial score (nSPS) is 13.9. The van der Waals surface area contributed by atoms with Crippen LogP contribution in [-0.2, 0) is 13.6 Å². The van der Waals surface area contributed by atoms with Gasteiger partial charge in [-0.15, -0.1) is 0 Å². The number of carbonyl (C=O) groups excluding carboxylic acids is 1. The molecule has 0 spiro atoms. The summed E-state index contributed by atoms with van der Waals surface area (Å²) in [4.78, 5) is 13.8. The number of imidazole rings is 1. The van der Waals surface area contributed by atoms with E-state index >= 15 is 0 Å². The number of nitrogens with one attached hydrogen (secondary N) is 2. The van der Waals surface area contributed by atoms with Crippen molar-refractivity contribution in [1.82, 2.24) is 24.2 Å². The average molecular weight is 529 g/mol. The molecule has 1 unspecified atom stereocenters. The summed E-state index contributed by atoms with van der Waals surface area (Å²) in [6, 6.07) is 13.7. The highest BCUT2D eigenvalue weighted by Crippen LogP contribution is 2.43. The van der Waals surface area contributed by atoms with Crippen molar-refractivity contribution in [3.63, 3.8) is 0 Å². The van der Waals surface area contributed by atoms with E-state index in [-0.39, 0.29) is 18.0 Å². The molecule has 2 N–H and O–H groups in total. The van der Waals surface area contributed by atoms with Crippen molar-refractivity contribution in [2.75, 3.05) is 14.2 Å². The van der Waals surface area contributed by atoms with E-state index < -0.39 is 0 Å². The molecule has 0 radical (unpaired) electrons. The van der Waals surface area contributed by atoms with E-state index in [1.165, 1.54) is 0 Å². The molecule has 4 aromatic rings. The molecule has 0 saturated heterocycles. The molecule has 2 aromatic carbocycles. The molecule has 204 valence electrons. The van der Waals surface area contributed by atoms with Crippen LogP contribution in [-0.4, -0.2) is 39.0 Å². The number of carbonyl (C=O) groups is 1. The van der Waals surface area contributed by atoms with Gasteiger partial charge < -0.3 is 23.9 Å². The third-order valence-corrected chi connectivity index (χ3v) is 7.25. The minimum absolute atomic E-state index is 0.142. The summed E-state index contributed by atoms with van der Waals surface area (Å²) in [5.41, 5.74) is 4.72. The molecule has 1 fully saturated rings. The van der Waals surface area contributed by atoms with Gasteiger partial charge in [0.25, 0.3) is 5.91 Å². The largest absolute Gasteiger partial charge is 0.497 e. The molecule has 1 saturated carbocycles. The molecule has 1 aliphatic carbocycles. The lowest BCUT2D eigenvalue weighted by molar-refractivity contribution is 0.0931. The number of hydrogen-bond acceptors (Lipinski definition) is 5. The van der Waals surface area contributed by atoms with Gasteiger partial charge in [0, 0.05) is 48.9 Å². The van der Waals surface area contributed by atoms with E-state index in [2.05, 4.69) is 30.3 Å². The van der Waals surface area contributed by atoms with Crippen LogP contribution in [0.5, 0.6) is 11.5 Å². The van der Waals surface area contributed by atoms with E-state index in [4.69, 9.17) is 14.9 Å². The quantitative estimate of drug-likeness (QED) is 0.312. The summed E-state index contributed by atoms with van der Waals surface area (Å²) in [7, 11) is 5.11. The Kier molecular flexibility index (Phi) is 7.32. The molecule has 5 rings (SSSR count). The van der Waals surface area contributed by atoms with Crippen LogP contribution in [0.2, 0.25) is 0 Å². The first kappa shape index (κ1) is 26.3. The summed E-state index contributed by atoms with van der Waals surface area (Å²) in [5.74, 6) is 1.61. The molecule has 1 atom stereocenters. The van der Waals surface area contributed by atoms with Crippen molar-refractivity contribution in [3.8, 4) is 22.8 Å². The second-order valence-corrected chi connectivity index (χ2v) is 10.5. The van der Waals surface area contributed by atoms with E-state index in [0.29, 0.717) is 35.1 Å². The topological polar surface area (TPSA) is 99.1 Å². The predicted molar refractivity (Wildman–Crippen MR) is 149 cm³/mol. The van der Waals surface area contributed by atoms with Crippen LogP contribution < -0.4 is 20.4 Å². The Morgan fingerprint density at radius 1 is 1.08 bits per heavy atom. The first-order valence-electron chi connectivity index (χ1n) is 13.3. The number of nitrogens with zero attached hydrogens (tertiary/aromatic N) is 4. The zero-order valence-corrected chi connectivity index (χ0v) is 23.1. The smallest absolute Gasteiger partial charge is 0.251 e. The lowest BCUT2D eigenvalue weighted by atomic mass is 9.99. The number of hydrogen-bond donors (Lipinski definition) is 2. The number of benzene rings is 2. The Hall–Kier alpha value is -4.27. The minimum Gasteiger partial charge on any atom is -0.497 e. The fourth-order valence-corrected chi connectivity index (χ4v) is 5.00. The van der Waals surface area contributed by atoms with Gasteiger partial charge in [-0.05, 0) is 80.1 Å². The van der Waals surface area contributed by atoms with E-state index in [1.54, 1.807) is 25.0 Å². The number of rotatable bonds is 10. The van der Waals surface area contributed by atoms with Crippen LogP contribution in [0, 0.1) is 11.3 Å². The van der Waals surface area contributed by atoms with Gasteiger partial charge in [-0.25, -0.2) is 0 Å². The molecule has 1 amide bonds. The maximum absolute atomic E-state index is 13.8. The SMILES string of the molecule is COc1cc(OC)cc(C(NC(=O)c2cc(Cn3ccn(C)c3=N)cc(-c3ccnn3C(C)C)c2)C2CC2)c1. The standard InChI is InChI=1S/C30H36N6O3/c1-19(2)36-27(8-9-32-36)22-12-20(18-35-11-10-34(3)30(35)31)13-24(14-22)29(37)33-28(21-6-7-21)23-15-25(38-4)17-26(16-23)39-5/h8-17,19,21,28,31H,6-7,18H2,1-5H3,(H,33,37). The van der Waals surface area contributed by atoms with Crippen LogP contribution in [0.4, 0.5) is 0 Å². The van der Waals surface area contributed by atoms with Gasteiger partial charge in [0.15, 0.2) is 0 Å². The number of aromatic nitrogens is 4. The molecule has 2 heterocycles. The lowest BCUT2D eigenvalue weighted by Gasteiger charge is -2.21. The van der Waals surface area contributed by atoms with E-state index in [0.717, 1.165) is 35.2 Å². The van der Waals surface area contributed by atoms with Crippen LogP contribution in [0.1, 0.15) is 60.3 Å². The highest BCUT2D eigenvalue weighted by Gasteiger charge is 2.34. The second kappa shape index (κ2) is 10.8. The Labute approximate surface area is 228 Å². The average Bonchev–Trinajstić information content (AvgIpc) is 3.57. The summed E-state index contributed by atoms with van der Waals surface area (Å²) < 4.78 is 16.6. The van der Waals surface area contributed by atoms with Crippen molar-refractivity contribution >= 4 is 5.91 Å². The van der Waals surface area contributed by atoms with Gasteiger partial charge in [-0.1, -0.05) is 0 Å². The van der Waals surface area contributed by atoms with Gasteiger partial charge in [-0.2, -0.15) is 5.10 Å². The Bertz CT molecular complexity index is 1520. The molecule has 2 aromatic heterocycles. The fraction of sp³-hybridized carbons (Fsp3) is 0.367. The van der Waals surface area contributed by atoms with Crippen molar-refractivity contribution in [2.45, 2.75) is 45.3 Å². The predicted octanol–water partition coefficient (Wildman–Crippen LogP) is 4.70. The van der Waals surface area contributed by atoms with Gasteiger partial charge in [-0.3, -0.25) is 14.9 Å². The number of amides is 1. The molecule has 39 heavy (non-hydrogen) atoms. The van der Waals surface area contributed by atoms with Crippen LogP contribution >= 0.6 is 0 Å². The van der Waals surface area contributed by atoms with Crippen molar-refractivity contribution in [1.29, 1.82) is 5.41 Å². The number of methoxy groups -OCH3 is 2. The number of aryl methyl sites for hydroxylation is 1. The third-order valence-electron chi connectivity index (χ3n) is 7.25. The van der Waals surface area contributed by atoms with Gasteiger partial charge in [0.05, 0.1) is 32.5 Å². The van der Waals surface area contributed by atoms with Crippen LogP contribution in [0.25, 0.3) is 11.3 Å². The highest BCUT2D eigenvalue weighted by molar-refractivity contribution is 5.96. The molecule has 0 bridgehead atoms. The molecule has 1 aliphatic rings. The summed E-state index contributed by atoms with van der Waals surface area (Å²) >= 11 is 0. The maximum Gasteiger partial charge on any atom is 0.251 e. The van der Waals surface area contributed by atoms with Crippen molar-refractivity contribution < 1.29 is 14.3 Å². The summed E-state index contributed by atoms with van der Waals surface area (Å²) in [6.07, 6.45) is 7.64. The Balaban J connectivity index is 1.52. The monoisotopic (exact) mass is 528 g/mol.